The molecule has 0 saturated heterocycles. The van der Waals surface area contributed by atoms with Crippen molar-refractivity contribution >= 4 is 49.2 Å². The van der Waals surface area contributed by atoms with Crippen molar-refractivity contribution < 1.29 is 8.42 Å². The van der Waals surface area contributed by atoms with E-state index in [0.29, 0.717) is 10.4 Å². The third-order valence-corrected chi connectivity index (χ3v) is 6.01. The summed E-state index contributed by atoms with van der Waals surface area (Å²) in [7, 11) is -3.73. The van der Waals surface area contributed by atoms with E-state index in [1.54, 1.807) is 0 Å². The third-order valence-electron chi connectivity index (χ3n) is 3.04. The van der Waals surface area contributed by atoms with Crippen LogP contribution in [0.15, 0.2) is 21.5 Å². The van der Waals surface area contributed by atoms with E-state index in [4.69, 9.17) is 23.2 Å². The summed E-state index contributed by atoms with van der Waals surface area (Å²) in [6, 6.07) is 2.86. The fraction of sp³-hybridized carbons (Fsp3) is 0.538. The maximum absolute atomic E-state index is 12.4. The molecule has 0 bridgehead atoms. The predicted octanol–water partition coefficient (Wildman–Crippen LogP) is 4.86. The Hall–Kier alpha value is 0.190. The number of halogens is 3. The Morgan fingerprint density at radius 1 is 1.25 bits per heavy atom. The molecular weight excluding hydrogens is 385 g/mol. The zero-order chi connectivity index (χ0) is 15.5. The zero-order valence-corrected chi connectivity index (χ0v) is 15.5. The van der Waals surface area contributed by atoms with Gasteiger partial charge in [0.2, 0.25) is 10.0 Å². The second-order valence-electron chi connectivity index (χ2n) is 4.97. The monoisotopic (exact) mass is 401 g/mol. The molecule has 0 aliphatic heterocycles. The second-order valence-corrected chi connectivity index (χ2v) is 8.35. The molecule has 7 heteroatoms. The smallest absolute Gasteiger partial charge is 0.208 e. The quantitative estimate of drug-likeness (QED) is 0.738. The SMILES string of the molecule is CCC(C)CC(C)NS(=O)(=O)c1c(Cl)cc(Br)cc1Cl. The fourth-order valence-electron chi connectivity index (χ4n) is 1.93. The molecule has 0 fully saturated rings. The van der Waals surface area contributed by atoms with Crippen LogP contribution in [-0.4, -0.2) is 14.5 Å². The van der Waals surface area contributed by atoms with Crippen LogP contribution in [0.4, 0.5) is 0 Å². The fourth-order valence-corrected chi connectivity index (χ4v) is 5.12. The van der Waals surface area contributed by atoms with Crippen molar-refractivity contribution in [2.75, 3.05) is 0 Å². The summed E-state index contributed by atoms with van der Waals surface area (Å²) in [6.45, 7) is 6.00. The molecule has 0 aliphatic carbocycles. The van der Waals surface area contributed by atoms with Gasteiger partial charge in [0.05, 0.1) is 10.0 Å². The molecule has 1 N–H and O–H groups in total. The van der Waals surface area contributed by atoms with Crippen molar-refractivity contribution in [3.8, 4) is 0 Å². The van der Waals surface area contributed by atoms with Crippen molar-refractivity contribution in [1.82, 2.24) is 4.72 Å². The highest BCUT2D eigenvalue weighted by Gasteiger charge is 2.24. The van der Waals surface area contributed by atoms with Gasteiger partial charge in [-0.1, -0.05) is 59.4 Å². The molecule has 0 spiro atoms. The molecule has 1 aromatic carbocycles. The van der Waals surface area contributed by atoms with E-state index < -0.39 is 10.0 Å². The van der Waals surface area contributed by atoms with E-state index in [2.05, 4.69) is 34.5 Å². The van der Waals surface area contributed by atoms with Crippen molar-refractivity contribution in [1.29, 1.82) is 0 Å². The zero-order valence-electron chi connectivity index (χ0n) is 11.6. The normalized spacial score (nSPS) is 15.1. The predicted molar refractivity (Wildman–Crippen MR) is 88.0 cm³/mol. The number of sulfonamides is 1. The van der Waals surface area contributed by atoms with Gasteiger partial charge in [0.1, 0.15) is 4.90 Å². The van der Waals surface area contributed by atoms with Crippen molar-refractivity contribution in [2.45, 2.75) is 44.6 Å². The first-order valence-electron chi connectivity index (χ1n) is 6.34. The van der Waals surface area contributed by atoms with Gasteiger partial charge in [0.25, 0.3) is 0 Å². The van der Waals surface area contributed by atoms with E-state index >= 15 is 0 Å². The van der Waals surface area contributed by atoms with Gasteiger partial charge in [-0.2, -0.15) is 0 Å². The van der Waals surface area contributed by atoms with Crippen molar-refractivity contribution in [2.24, 2.45) is 5.92 Å². The lowest BCUT2D eigenvalue weighted by Gasteiger charge is -2.18. The molecule has 20 heavy (non-hydrogen) atoms. The highest BCUT2D eigenvalue weighted by molar-refractivity contribution is 9.10. The molecule has 0 heterocycles. The summed E-state index contributed by atoms with van der Waals surface area (Å²) < 4.78 is 28.0. The van der Waals surface area contributed by atoms with Crippen molar-refractivity contribution in [3.63, 3.8) is 0 Å². The number of rotatable bonds is 6. The third kappa shape index (κ3) is 4.88. The summed E-state index contributed by atoms with van der Waals surface area (Å²) in [5, 5.41) is 0.209. The highest BCUT2D eigenvalue weighted by atomic mass is 79.9. The summed E-state index contributed by atoms with van der Waals surface area (Å²) in [5.74, 6) is 0.448. The Balaban J connectivity index is 3.01. The van der Waals surface area contributed by atoms with E-state index in [-0.39, 0.29) is 21.0 Å². The van der Waals surface area contributed by atoms with Gasteiger partial charge >= 0.3 is 0 Å². The van der Waals surface area contributed by atoms with Gasteiger partial charge in [-0.3, -0.25) is 0 Å². The molecule has 0 radical (unpaired) electrons. The molecule has 1 rings (SSSR count). The number of nitrogens with one attached hydrogen (secondary N) is 1. The Labute approximate surface area is 139 Å². The molecule has 0 saturated carbocycles. The molecule has 0 amide bonds. The van der Waals surface area contributed by atoms with Crippen LogP contribution in [0.25, 0.3) is 0 Å². The lowest BCUT2D eigenvalue weighted by Crippen LogP contribution is -2.34. The minimum Gasteiger partial charge on any atom is -0.208 e. The average Bonchev–Trinajstić information content (AvgIpc) is 2.25. The summed E-state index contributed by atoms with van der Waals surface area (Å²) >= 11 is 15.2. The Morgan fingerprint density at radius 3 is 2.20 bits per heavy atom. The maximum Gasteiger partial charge on any atom is 0.243 e. The molecular formula is C13H18BrCl2NO2S. The summed E-state index contributed by atoms with van der Waals surface area (Å²) in [6.07, 6.45) is 1.77. The Bertz CT molecular complexity index is 555. The van der Waals surface area contributed by atoms with Crippen LogP contribution < -0.4 is 4.72 Å². The highest BCUT2D eigenvalue weighted by Crippen LogP contribution is 2.33. The van der Waals surface area contributed by atoms with Crippen LogP contribution in [0.1, 0.15) is 33.6 Å². The molecule has 3 nitrogen and oxygen atoms in total. The Kier molecular flexibility index (Phi) is 6.80. The standard InChI is InChI=1S/C13H18BrCl2NO2S/c1-4-8(2)5-9(3)17-20(18,19)13-11(15)6-10(14)7-12(13)16/h6-9,17H,4-5H2,1-3H3. The minimum absolute atomic E-state index is 0.0694. The van der Waals surface area contributed by atoms with Gasteiger partial charge < -0.3 is 0 Å². The van der Waals surface area contributed by atoms with Crippen LogP contribution in [0.5, 0.6) is 0 Å². The van der Waals surface area contributed by atoms with Crippen LogP contribution >= 0.6 is 39.1 Å². The van der Waals surface area contributed by atoms with Crippen LogP contribution in [0.2, 0.25) is 10.0 Å². The van der Waals surface area contributed by atoms with Gasteiger partial charge in [-0.25, -0.2) is 13.1 Å². The van der Waals surface area contributed by atoms with Gasteiger partial charge in [-0.15, -0.1) is 0 Å². The van der Waals surface area contributed by atoms with Gasteiger partial charge in [0, 0.05) is 10.5 Å². The number of hydrogen-bond acceptors (Lipinski definition) is 2. The van der Waals surface area contributed by atoms with E-state index in [1.807, 2.05) is 6.92 Å². The minimum atomic E-state index is -3.73. The molecule has 2 atom stereocenters. The van der Waals surface area contributed by atoms with Gasteiger partial charge in [0.15, 0.2) is 0 Å². The van der Waals surface area contributed by atoms with E-state index in [1.165, 1.54) is 12.1 Å². The average molecular weight is 403 g/mol. The molecule has 0 aromatic heterocycles. The molecule has 114 valence electrons. The molecule has 0 aliphatic rings. The molecule has 1 aromatic rings. The van der Waals surface area contributed by atoms with Crippen LogP contribution in [0.3, 0.4) is 0 Å². The Morgan fingerprint density at radius 2 is 1.75 bits per heavy atom. The first-order chi connectivity index (χ1) is 9.17. The van der Waals surface area contributed by atoms with E-state index in [9.17, 15) is 8.42 Å². The summed E-state index contributed by atoms with van der Waals surface area (Å²) in [4.78, 5) is -0.0694. The first-order valence-corrected chi connectivity index (χ1v) is 9.37. The second kappa shape index (κ2) is 7.45. The maximum atomic E-state index is 12.4. The van der Waals surface area contributed by atoms with Gasteiger partial charge in [-0.05, 0) is 31.4 Å². The van der Waals surface area contributed by atoms with Crippen LogP contribution in [0, 0.1) is 5.92 Å². The lowest BCUT2D eigenvalue weighted by molar-refractivity contribution is 0.445. The van der Waals surface area contributed by atoms with Crippen LogP contribution in [-0.2, 0) is 10.0 Å². The number of hydrogen-bond donors (Lipinski definition) is 1. The lowest BCUT2D eigenvalue weighted by atomic mass is 10.0. The topological polar surface area (TPSA) is 46.2 Å². The van der Waals surface area contributed by atoms with E-state index in [0.717, 1.165) is 12.8 Å². The van der Waals surface area contributed by atoms with Crippen molar-refractivity contribution in [3.05, 3.63) is 26.7 Å². The first kappa shape index (κ1) is 18.2. The summed E-state index contributed by atoms with van der Waals surface area (Å²) in [5.41, 5.74) is 0. The number of benzene rings is 1. The molecule has 2 unspecified atom stereocenters. The largest absolute Gasteiger partial charge is 0.243 e.